The van der Waals surface area contributed by atoms with Crippen molar-refractivity contribution in [3.8, 4) is 5.75 Å². The molecule has 0 aromatic carbocycles. The Morgan fingerprint density at radius 2 is 2.19 bits per heavy atom. The first-order chi connectivity index (χ1) is 13.1. The number of fused-ring (bicyclic) bond motifs is 2. The summed E-state index contributed by atoms with van der Waals surface area (Å²) >= 11 is 6.08. The minimum atomic E-state index is -0.354. The number of hydrogen-bond acceptors (Lipinski definition) is 5. The molecule has 0 unspecified atom stereocenters. The highest BCUT2D eigenvalue weighted by molar-refractivity contribution is 6.32. The molecular weight excluding hydrogens is 371 g/mol. The van der Waals surface area contributed by atoms with Crippen molar-refractivity contribution in [1.82, 2.24) is 24.6 Å². The topological polar surface area (TPSA) is 82.3 Å². The first kappa shape index (κ1) is 16.1. The molecule has 136 valence electrons. The van der Waals surface area contributed by atoms with Crippen molar-refractivity contribution in [2.45, 2.75) is 12.5 Å². The van der Waals surface area contributed by atoms with Gasteiger partial charge < -0.3 is 15.0 Å². The lowest BCUT2D eigenvalue weighted by Gasteiger charge is -2.34. The van der Waals surface area contributed by atoms with Crippen LogP contribution in [0.3, 0.4) is 0 Å². The van der Waals surface area contributed by atoms with Gasteiger partial charge in [-0.2, -0.15) is 5.10 Å². The van der Waals surface area contributed by atoms with Crippen molar-refractivity contribution in [2.75, 3.05) is 11.4 Å². The number of rotatable bonds is 2. The Morgan fingerprint density at radius 3 is 3.00 bits per heavy atom. The van der Waals surface area contributed by atoms with Crippen molar-refractivity contribution in [3.05, 3.63) is 70.9 Å². The molecule has 0 amide bonds. The van der Waals surface area contributed by atoms with Gasteiger partial charge in [-0.25, -0.2) is 18.9 Å². The summed E-state index contributed by atoms with van der Waals surface area (Å²) in [6, 6.07) is 5.99. The van der Waals surface area contributed by atoms with E-state index in [1.165, 1.54) is 16.8 Å². The van der Waals surface area contributed by atoms with Gasteiger partial charge in [0.25, 0.3) is 0 Å². The van der Waals surface area contributed by atoms with Crippen molar-refractivity contribution in [1.29, 1.82) is 0 Å². The van der Waals surface area contributed by atoms with E-state index in [-0.39, 0.29) is 22.6 Å². The number of aromatic amines is 1. The number of aromatic nitrogens is 5. The summed E-state index contributed by atoms with van der Waals surface area (Å²) < 4.78 is 15.7. The van der Waals surface area contributed by atoms with E-state index in [0.29, 0.717) is 23.6 Å². The molecule has 9 heteroatoms. The lowest BCUT2D eigenvalue weighted by Crippen LogP contribution is -2.37. The zero-order valence-corrected chi connectivity index (χ0v) is 14.7. The molecule has 1 aliphatic heterocycles. The molecule has 5 rings (SSSR count). The standard InChI is InChI=1S/C18H14ClFN6O/c19-10-6-16(21-8-15(10)27)25-5-3-12-17(23-9-22-12)18(25)13-7-14-11(20)2-1-4-26(14)24-13/h1-2,4,6-9,18,27H,3,5H2,(H,22,23)/t18-/m1/s1. The molecule has 1 aliphatic rings. The van der Waals surface area contributed by atoms with Crippen molar-refractivity contribution < 1.29 is 9.50 Å². The van der Waals surface area contributed by atoms with E-state index in [0.717, 1.165) is 17.8 Å². The Hall–Kier alpha value is -3.13. The van der Waals surface area contributed by atoms with Gasteiger partial charge in [-0.1, -0.05) is 11.6 Å². The number of H-pyrrole nitrogens is 1. The Kier molecular flexibility index (Phi) is 3.54. The summed E-state index contributed by atoms with van der Waals surface area (Å²) in [6.07, 6.45) is 5.41. The monoisotopic (exact) mass is 384 g/mol. The lowest BCUT2D eigenvalue weighted by molar-refractivity contribution is 0.472. The van der Waals surface area contributed by atoms with Gasteiger partial charge in [-0.15, -0.1) is 0 Å². The number of hydrogen-bond donors (Lipinski definition) is 2. The molecule has 0 saturated carbocycles. The number of halogens is 2. The minimum absolute atomic E-state index is 0.0794. The van der Waals surface area contributed by atoms with E-state index in [9.17, 15) is 9.50 Å². The fourth-order valence-corrected chi connectivity index (χ4v) is 3.67. The molecule has 5 heterocycles. The van der Waals surface area contributed by atoms with E-state index < -0.39 is 0 Å². The van der Waals surface area contributed by atoms with Crippen molar-refractivity contribution >= 4 is 22.9 Å². The van der Waals surface area contributed by atoms with Crippen LogP contribution in [0.5, 0.6) is 5.75 Å². The Morgan fingerprint density at radius 1 is 1.30 bits per heavy atom. The highest BCUT2D eigenvalue weighted by Crippen LogP contribution is 2.37. The first-order valence-corrected chi connectivity index (χ1v) is 8.76. The summed E-state index contributed by atoms with van der Waals surface area (Å²) in [5.74, 6) is 0.171. The molecule has 4 aromatic heterocycles. The molecule has 0 fully saturated rings. The summed E-state index contributed by atoms with van der Waals surface area (Å²) in [7, 11) is 0. The number of pyridine rings is 2. The smallest absolute Gasteiger partial charge is 0.152 e. The summed E-state index contributed by atoms with van der Waals surface area (Å²) in [5.41, 5.74) is 2.88. The largest absolute Gasteiger partial charge is 0.505 e. The fourth-order valence-electron chi connectivity index (χ4n) is 3.53. The maximum atomic E-state index is 14.2. The number of aromatic hydroxyl groups is 1. The van der Waals surface area contributed by atoms with Gasteiger partial charge in [0, 0.05) is 30.9 Å². The molecule has 27 heavy (non-hydrogen) atoms. The Labute approximate surface area is 158 Å². The second-order valence-electron chi connectivity index (χ2n) is 6.36. The van der Waals surface area contributed by atoms with E-state index in [1.54, 1.807) is 30.7 Å². The average Bonchev–Trinajstić information content (AvgIpc) is 3.30. The van der Waals surface area contributed by atoms with Crippen LogP contribution in [0.4, 0.5) is 10.2 Å². The predicted molar refractivity (Wildman–Crippen MR) is 97.5 cm³/mol. The van der Waals surface area contributed by atoms with Crippen molar-refractivity contribution in [3.63, 3.8) is 0 Å². The molecule has 0 radical (unpaired) electrons. The Bertz CT molecular complexity index is 1160. The van der Waals surface area contributed by atoms with Crippen LogP contribution in [-0.2, 0) is 6.42 Å². The molecule has 0 aliphatic carbocycles. The molecule has 0 saturated heterocycles. The highest BCUT2D eigenvalue weighted by Gasteiger charge is 2.34. The fraction of sp³-hybridized carbons (Fsp3) is 0.167. The maximum absolute atomic E-state index is 14.2. The van der Waals surface area contributed by atoms with E-state index in [4.69, 9.17) is 11.6 Å². The van der Waals surface area contributed by atoms with Crippen LogP contribution in [0.15, 0.2) is 43.0 Å². The number of nitrogens with one attached hydrogen (secondary N) is 1. The van der Waals surface area contributed by atoms with Gasteiger partial charge >= 0.3 is 0 Å². The van der Waals surface area contributed by atoms with Gasteiger partial charge in [0.15, 0.2) is 5.75 Å². The normalized spacial score (nSPS) is 16.7. The number of anilines is 1. The zero-order valence-electron chi connectivity index (χ0n) is 14.0. The minimum Gasteiger partial charge on any atom is -0.505 e. The van der Waals surface area contributed by atoms with Crippen LogP contribution in [0.2, 0.25) is 5.02 Å². The third kappa shape index (κ3) is 2.52. The highest BCUT2D eigenvalue weighted by atomic mass is 35.5. The summed E-state index contributed by atoms with van der Waals surface area (Å²) in [4.78, 5) is 14.0. The van der Waals surface area contributed by atoms with Gasteiger partial charge in [0.2, 0.25) is 0 Å². The van der Waals surface area contributed by atoms with Crippen LogP contribution in [0.25, 0.3) is 5.52 Å². The van der Waals surface area contributed by atoms with Gasteiger partial charge in [0.1, 0.15) is 23.2 Å². The number of nitrogens with zero attached hydrogens (tertiary/aromatic N) is 5. The number of imidazole rings is 1. The summed E-state index contributed by atoms with van der Waals surface area (Å²) in [5, 5.41) is 14.5. The zero-order chi connectivity index (χ0) is 18.5. The Balaban J connectivity index is 1.68. The van der Waals surface area contributed by atoms with Gasteiger partial charge in [-0.05, 0) is 18.2 Å². The SMILES string of the molecule is Oc1cnc(N2CCc3[nH]cnc3[C@H]2c2cc3c(F)cccn3n2)cc1Cl. The van der Waals surface area contributed by atoms with Crippen LogP contribution in [0.1, 0.15) is 23.1 Å². The third-order valence-corrected chi connectivity index (χ3v) is 5.09. The first-order valence-electron chi connectivity index (χ1n) is 8.39. The van der Waals surface area contributed by atoms with E-state index in [1.807, 2.05) is 4.90 Å². The van der Waals surface area contributed by atoms with Gasteiger partial charge in [0.05, 0.1) is 28.9 Å². The van der Waals surface area contributed by atoms with Gasteiger partial charge in [-0.3, -0.25) is 0 Å². The predicted octanol–water partition coefficient (Wildman–Crippen LogP) is 3.10. The molecule has 0 bridgehead atoms. The second kappa shape index (κ2) is 5.95. The van der Waals surface area contributed by atoms with Crippen LogP contribution >= 0.6 is 11.6 Å². The van der Waals surface area contributed by atoms with Crippen LogP contribution < -0.4 is 4.90 Å². The second-order valence-corrected chi connectivity index (χ2v) is 6.77. The molecule has 4 aromatic rings. The molecule has 1 atom stereocenters. The molecule has 0 spiro atoms. The quantitative estimate of drug-likeness (QED) is 0.555. The lowest BCUT2D eigenvalue weighted by atomic mass is 9.99. The third-order valence-electron chi connectivity index (χ3n) is 4.79. The maximum Gasteiger partial charge on any atom is 0.152 e. The molecule has 2 N–H and O–H groups in total. The average molecular weight is 385 g/mol. The van der Waals surface area contributed by atoms with Crippen LogP contribution in [0, 0.1) is 5.82 Å². The van der Waals surface area contributed by atoms with Crippen LogP contribution in [-0.4, -0.2) is 36.2 Å². The molecular formula is C18H14ClFN6O. The van der Waals surface area contributed by atoms with E-state index in [2.05, 4.69) is 20.1 Å². The summed E-state index contributed by atoms with van der Waals surface area (Å²) in [6.45, 7) is 0.643. The van der Waals surface area contributed by atoms with Crippen molar-refractivity contribution in [2.24, 2.45) is 0 Å². The molecule has 7 nitrogen and oxygen atoms in total. The van der Waals surface area contributed by atoms with E-state index >= 15 is 0 Å².